The van der Waals surface area contributed by atoms with Crippen molar-refractivity contribution >= 4 is 11.6 Å². The SMILES string of the molecule is COc1cc(C(C)C)ccc1CCN(C)CCl. The molecule has 3 heteroatoms. The first-order chi connectivity index (χ1) is 8.08. The second-order valence-electron chi connectivity index (χ2n) is 4.68. The molecule has 2 nitrogen and oxygen atoms in total. The van der Waals surface area contributed by atoms with Gasteiger partial charge in [0.25, 0.3) is 0 Å². The van der Waals surface area contributed by atoms with Crippen molar-refractivity contribution in [3.63, 3.8) is 0 Å². The molecule has 0 spiro atoms. The van der Waals surface area contributed by atoms with Crippen molar-refractivity contribution in [3.05, 3.63) is 29.3 Å². The molecular formula is C14H22ClNO. The number of ether oxygens (including phenoxy) is 1. The fourth-order valence-electron chi connectivity index (χ4n) is 1.70. The van der Waals surface area contributed by atoms with Gasteiger partial charge in [0, 0.05) is 6.54 Å². The van der Waals surface area contributed by atoms with E-state index in [9.17, 15) is 0 Å². The zero-order valence-electron chi connectivity index (χ0n) is 11.2. The Bertz CT molecular complexity index is 352. The van der Waals surface area contributed by atoms with Crippen molar-refractivity contribution in [2.24, 2.45) is 0 Å². The van der Waals surface area contributed by atoms with Crippen LogP contribution in [0.5, 0.6) is 5.75 Å². The highest BCUT2D eigenvalue weighted by atomic mass is 35.5. The Morgan fingerprint density at radius 2 is 2.06 bits per heavy atom. The van der Waals surface area contributed by atoms with E-state index in [0.717, 1.165) is 18.7 Å². The van der Waals surface area contributed by atoms with E-state index in [1.54, 1.807) is 7.11 Å². The van der Waals surface area contributed by atoms with Crippen molar-refractivity contribution in [3.8, 4) is 5.75 Å². The van der Waals surface area contributed by atoms with Gasteiger partial charge in [-0.2, -0.15) is 0 Å². The van der Waals surface area contributed by atoms with Crippen molar-refractivity contribution < 1.29 is 4.74 Å². The number of nitrogens with zero attached hydrogens (tertiary/aromatic N) is 1. The van der Waals surface area contributed by atoms with Crippen LogP contribution in [0, 0.1) is 0 Å². The number of hydrogen-bond donors (Lipinski definition) is 0. The molecule has 1 aromatic rings. The van der Waals surface area contributed by atoms with Crippen LogP contribution in [0.25, 0.3) is 0 Å². The van der Waals surface area contributed by atoms with Crippen molar-refractivity contribution in [1.29, 1.82) is 0 Å². The van der Waals surface area contributed by atoms with Crippen LogP contribution in [0.4, 0.5) is 0 Å². The van der Waals surface area contributed by atoms with Crippen LogP contribution in [0.3, 0.4) is 0 Å². The number of halogens is 1. The molecule has 0 atom stereocenters. The first-order valence-corrected chi connectivity index (χ1v) is 6.53. The normalized spacial score (nSPS) is 11.2. The van der Waals surface area contributed by atoms with Crippen LogP contribution in [0.15, 0.2) is 18.2 Å². The van der Waals surface area contributed by atoms with E-state index in [1.165, 1.54) is 11.1 Å². The number of benzene rings is 1. The maximum Gasteiger partial charge on any atom is 0.122 e. The molecule has 0 saturated heterocycles. The van der Waals surface area contributed by atoms with E-state index in [2.05, 4.69) is 36.9 Å². The van der Waals surface area contributed by atoms with Gasteiger partial charge >= 0.3 is 0 Å². The minimum Gasteiger partial charge on any atom is -0.496 e. The van der Waals surface area contributed by atoms with E-state index in [-0.39, 0.29) is 0 Å². The molecule has 0 aliphatic rings. The van der Waals surface area contributed by atoms with Crippen LogP contribution in [-0.2, 0) is 6.42 Å². The molecule has 0 aliphatic carbocycles. The molecule has 0 bridgehead atoms. The van der Waals surface area contributed by atoms with E-state index >= 15 is 0 Å². The second-order valence-corrected chi connectivity index (χ2v) is 4.91. The van der Waals surface area contributed by atoms with Gasteiger partial charge in [0.15, 0.2) is 0 Å². The average molecular weight is 256 g/mol. The third-order valence-corrected chi connectivity index (χ3v) is 3.35. The number of alkyl halides is 1. The lowest BCUT2D eigenvalue weighted by Gasteiger charge is -2.16. The Morgan fingerprint density at radius 3 is 2.59 bits per heavy atom. The summed E-state index contributed by atoms with van der Waals surface area (Å²) in [6.45, 7) is 5.33. The molecule has 1 rings (SSSR count). The number of rotatable bonds is 6. The van der Waals surface area contributed by atoms with Gasteiger partial charge in [-0.25, -0.2) is 0 Å². The highest BCUT2D eigenvalue weighted by Crippen LogP contribution is 2.25. The number of likely N-dealkylation sites (N-methyl/N-ethyl adjacent to an activating group) is 1. The van der Waals surface area contributed by atoms with Gasteiger partial charge in [-0.1, -0.05) is 26.0 Å². The highest BCUT2D eigenvalue weighted by Gasteiger charge is 2.07. The summed E-state index contributed by atoms with van der Waals surface area (Å²) >= 11 is 5.75. The first kappa shape index (κ1) is 14.3. The van der Waals surface area contributed by atoms with E-state index in [1.807, 2.05) is 7.05 Å². The van der Waals surface area contributed by atoms with Gasteiger partial charge in [-0.3, -0.25) is 4.90 Å². The summed E-state index contributed by atoms with van der Waals surface area (Å²) in [5, 5.41) is 0. The minimum atomic E-state index is 0.531. The molecule has 0 heterocycles. The summed E-state index contributed by atoms with van der Waals surface area (Å²) in [5.41, 5.74) is 2.56. The minimum absolute atomic E-state index is 0.531. The molecule has 0 aromatic heterocycles. The molecule has 1 aromatic carbocycles. The standard InChI is InChI=1S/C14H22ClNO/c1-11(2)13-6-5-12(14(9-13)17-4)7-8-16(3)10-15/h5-6,9,11H,7-8,10H2,1-4H3. The van der Waals surface area contributed by atoms with Gasteiger partial charge in [-0.15, -0.1) is 11.6 Å². The Morgan fingerprint density at radius 1 is 1.35 bits per heavy atom. The van der Waals surface area contributed by atoms with Gasteiger partial charge in [0.1, 0.15) is 5.75 Å². The summed E-state index contributed by atoms with van der Waals surface area (Å²) in [6, 6.07) is 7.05. The van der Waals surface area contributed by atoms with Gasteiger partial charge in [0.05, 0.1) is 13.1 Å². The quantitative estimate of drug-likeness (QED) is 0.570. The Kier molecular flexibility index (Phi) is 5.79. The second kappa shape index (κ2) is 6.87. The van der Waals surface area contributed by atoms with E-state index in [4.69, 9.17) is 16.3 Å². The molecule has 0 unspecified atom stereocenters. The van der Waals surface area contributed by atoms with Crippen LogP contribution in [0.2, 0.25) is 0 Å². The Hall–Kier alpha value is -0.730. The van der Waals surface area contributed by atoms with Gasteiger partial charge in [0.2, 0.25) is 0 Å². The number of methoxy groups -OCH3 is 1. The van der Waals surface area contributed by atoms with Crippen LogP contribution < -0.4 is 4.74 Å². The van der Waals surface area contributed by atoms with E-state index < -0.39 is 0 Å². The monoisotopic (exact) mass is 255 g/mol. The fourth-order valence-corrected chi connectivity index (χ4v) is 1.82. The summed E-state index contributed by atoms with van der Waals surface area (Å²) in [7, 11) is 3.75. The molecule has 17 heavy (non-hydrogen) atoms. The maximum absolute atomic E-state index is 5.75. The lowest BCUT2D eigenvalue weighted by molar-refractivity contribution is 0.381. The Balaban J connectivity index is 2.78. The number of hydrogen-bond acceptors (Lipinski definition) is 2. The van der Waals surface area contributed by atoms with Crippen LogP contribution in [0.1, 0.15) is 30.9 Å². The average Bonchev–Trinajstić information content (AvgIpc) is 2.35. The zero-order valence-corrected chi connectivity index (χ0v) is 11.9. The lowest BCUT2D eigenvalue weighted by Crippen LogP contribution is -2.19. The predicted octanol–water partition coefficient (Wildman–Crippen LogP) is 3.49. The topological polar surface area (TPSA) is 12.5 Å². The summed E-state index contributed by atoms with van der Waals surface area (Å²) in [4.78, 5) is 2.08. The molecule has 0 N–H and O–H groups in total. The molecule has 96 valence electrons. The molecule has 0 aliphatic heterocycles. The van der Waals surface area contributed by atoms with Crippen molar-refractivity contribution in [2.75, 3.05) is 26.7 Å². The smallest absolute Gasteiger partial charge is 0.122 e. The fraction of sp³-hybridized carbons (Fsp3) is 0.571. The van der Waals surface area contributed by atoms with Crippen LogP contribution in [-0.4, -0.2) is 31.6 Å². The summed E-state index contributed by atoms with van der Waals surface area (Å²) < 4.78 is 5.45. The molecule has 0 fully saturated rings. The molecule has 0 amide bonds. The summed E-state index contributed by atoms with van der Waals surface area (Å²) in [6.07, 6.45) is 0.963. The molecule has 0 radical (unpaired) electrons. The maximum atomic E-state index is 5.75. The lowest BCUT2D eigenvalue weighted by atomic mass is 10.00. The third kappa shape index (κ3) is 4.21. The molecular weight excluding hydrogens is 234 g/mol. The van der Waals surface area contributed by atoms with E-state index in [0.29, 0.717) is 11.9 Å². The third-order valence-electron chi connectivity index (χ3n) is 2.94. The predicted molar refractivity (Wildman–Crippen MR) is 74.1 cm³/mol. The Labute approximate surface area is 110 Å². The largest absolute Gasteiger partial charge is 0.496 e. The molecule has 0 saturated carbocycles. The first-order valence-electron chi connectivity index (χ1n) is 5.99. The van der Waals surface area contributed by atoms with Crippen molar-refractivity contribution in [1.82, 2.24) is 4.90 Å². The zero-order chi connectivity index (χ0) is 12.8. The van der Waals surface area contributed by atoms with Gasteiger partial charge in [-0.05, 0) is 36.6 Å². The van der Waals surface area contributed by atoms with Crippen molar-refractivity contribution in [2.45, 2.75) is 26.2 Å². The highest BCUT2D eigenvalue weighted by molar-refractivity contribution is 6.17. The summed E-state index contributed by atoms with van der Waals surface area (Å²) in [5.74, 6) is 1.52. The van der Waals surface area contributed by atoms with Crippen LogP contribution >= 0.6 is 11.6 Å². The van der Waals surface area contributed by atoms with Gasteiger partial charge < -0.3 is 4.74 Å².